The van der Waals surface area contributed by atoms with Gasteiger partial charge in [-0.3, -0.25) is 4.79 Å². The van der Waals surface area contributed by atoms with E-state index in [0.29, 0.717) is 18.0 Å². The van der Waals surface area contributed by atoms with Crippen molar-refractivity contribution in [3.05, 3.63) is 24.3 Å². The molecule has 20 heavy (non-hydrogen) atoms. The Morgan fingerprint density at radius 1 is 1.20 bits per heavy atom. The molecule has 5 nitrogen and oxygen atoms in total. The number of carbonyl (C=O) groups excluding carboxylic acids is 1. The third-order valence-corrected chi connectivity index (χ3v) is 2.46. The summed E-state index contributed by atoms with van der Waals surface area (Å²) in [6.45, 7) is 4.48. The van der Waals surface area contributed by atoms with Crippen molar-refractivity contribution >= 4 is 18.3 Å². The Morgan fingerprint density at radius 3 is 2.65 bits per heavy atom. The number of rotatable bonds is 9. The highest BCUT2D eigenvalue weighted by molar-refractivity contribution is 5.85. The number of carbonyl (C=O) groups is 1. The minimum absolute atomic E-state index is 0. The average Bonchev–Trinajstić information content (AvgIpc) is 2.45. The summed E-state index contributed by atoms with van der Waals surface area (Å²) in [5.41, 5.74) is 0. The zero-order valence-corrected chi connectivity index (χ0v) is 12.8. The molecule has 0 saturated heterocycles. The summed E-state index contributed by atoms with van der Waals surface area (Å²) < 4.78 is 10.5. The number of amides is 1. The van der Waals surface area contributed by atoms with Crippen LogP contribution in [0, 0.1) is 0 Å². The largest absolute Gasteiger partial charge is 0.497 e. The van der Waals surface area contributed by atoms with Gasteiger partial charge in [-0.25, -0.2) is 0 Å². The highest BCUT2D eigenvalue weighted by Gasteiger charge is 2.02. The predicted octanol–water partition coefficient (Wildman–Crippen LogP) is 1.61. The van der Waals surface area contributed by atoms with Crippen LogP contribution < -0.4 is 20.1 Å². The summed E-state index contributed by atoms with van der Waals surface area (Å²) in [5.74, 6) is 1.21. The van der Waals surface area contributed by atoms with Crippen LogP contribution in [0.25, 0.3) is 0 Å². The molecule has 0 heterocycles. The van der Waals surface area contributed by atoms with Crippen LogP contribution >= 0.6 is 12.4 Å². The normalized spacial score (nSPS) is 9.50. The Hall–Kier alpha value is -1.46. The number of nitrogens with one attached hydrogen (secondary N) is 2. The van der Waals surface area contributed by atoms with Crippen LogP contribution in [0.1, 0.15) is 13.3 Å². The number of ether oxygens (including phenoxy) is 2. The van der Waals surface area contributed by atoms with Gasteiger partial charge in [-0.2, -0.15) is 0 Å². The maximum Gasteiger partial charge on any atom is 0.257 e. The molecule has 2 N–H and O–H groups in total. The van der Waals surface area contributed by atoms with Crippen molar-refractivity contribution in [2.75, 3.05) is 33.4 Å². The molecule has 1 rings (SSSR count). The fourth-order valence-electron chi connectivity index (χ4n) is 1.48. The van der Waals surface area contributed by atoms with Crippen LogP contribution in [-0.2, 0) is 4.79 Å². The first kappa shape index (κ1) is 18.5. The molecule has 0 bridgehead atoms. The van der Waals surface area contributed by atoms with E-state index in [4.69, 9.17) is 9.47 Å². The second kappa shape index (κ2) is 11.4. The van der Waals surface area contributed by atoms with E-state index >= 15 is 0 Å². The molecule has 0 spiro atoms. The average molecular weight is 303 g/mol. The number of hydrogen-bond donors (Lipinski definition) is 2. The van der Waals surface area contributed by atoms with Gasteiger partial charge < -0.3 is 20.1 Å². The molecule has 0 aliphatic heterocycles. The van der Waals surface area contributed by atoms with Gasteiger partial charge in [0.15, 0.2) is 6.61 Å². The molecular formula is C14H23ClN2O3. The minimum Gasteiger partial charge on any atom is -0.497 e. The van der Waals surface area contributed by atoms with Crippen molar-refractivity contribution in [3.8, 4) is 11.5 Å². The van der Waals surface area contributed by atoms with Gasteiger partial charge in [0, 0.05) is 19.2 Å². The van der Waals surface area contributed by atoms with Crippen molar-refractivity contribution in [2.24, 2.45) is 0 Å². The molecule has 114 valence electrons. The second-order valence-electron chi connectivity index (χ2n) is 4.07. The van der Waals surface area contributed by atoms with E-state index in [1.54, 1.807) is 19.2 Å². The molecule has 1 aromatic rings. The molecule has 0 aliphatic carbocycles. The highest BCUT2D eigenvalue weighted by Crippen LogP contribution is 2.18. The lowest BCUT2D eigenvalue weighted by molar-refractivity contribution is -0.123. The minimum atomic E-state index is -0.124. The lowest BCUT2D eigenvalue weighted by Gasteiger charge is -2.08. The Balaban J connectivity index is 0.00000361. The maximum absolute atomic E-state index is 11.5. The standard InChI is InChI=1S/C14H22N2O3.ClH/c1-3-7-15-8-9-16-14(17)11-19-13-6-4-5-12(10-13)18-2;/h4-6,10,15H,3,7-9,11H2,1-2H3,(H,16,17);1H. The zero-order valence-electron chi connectivity index (χ0n) is 12.0. The van der Waals surface area contributed by atoms with E-state index < -0.39 is 0 Å². The van der Waals surface area contributed by atoms with E-state index in [1.165, 1.54) is 0 Å². The molecule has 6 heteroatoms. The third kappa shape index (κ3) is 7.86. The summed E-state index contributed by atoms with van der Waals surface area (Å²) >= 11 is 0. The molecule has 0 unspecified atom stereocenters. The number of halogens is 1. The number of hydrogen-bond acceptors (Lipinski definition) is 4. The zero-order chi connectivity index (χ0) is 13.9. The van der Waals surface area contributed by atoms with E-state index in [-0.39, 0.29) is 24.9 Å². The Morgan fingerprint density at radius 2 is 1.95 bits per heavy atom. The monoisotopic (exact) mass is 302 g/mol. The summed E-state index contributed by atoms with van der Waals surface area (Å²) in [5, 5.41) is 5.99. The van der Waals surface area contributed by atoms with Crippen molar-refractivity contribution in [2.45, 2.75) is 13.3 Å². The Bertz CT molecular complexity index is 388. The SMILES string of the molecule is CCCNCCNC(=O)COc1cccc(OC)c1.Cl. The Kier molecular flexibility index (Phi) is 10.5. The molecule has 0 aromatic heterocycles. The van der Waals surface area contributed by atoms with E-state index in [0.717, 1.165) is 19.5 Å². The molecule has 0 fully saturated rings. The summed E-state index contributed by atoms with van der Waals surface area (Å²) in [6, 6.07) is 7.18. The van der Waals surface area contributed by atoms with Gasteiger partial charge in [0.1, 0.15) is 11.5 Å². The van der Waals surface area contributed by atoms with Crippen LogP contribution in [0.15, 0.2) is 24.3 Å². The molecule has 0 radical (unpaired) electrons. The molecule has 0 aliphatic rings. The van der Waals surface area contributed by atoms with Crippen molar-refractivity contribution in [3.63, 3.8) is 0 Å². The summed E-state index contributed by atoms with van der Waals surface area (Å²) in [4.78, 5) is 11.5. The fourth-order valence-corrected chi connectivity index (χ4v) is 1.48. The third-order valence-electron chi connectivity index (χ3n) is 2.46. The predicted molar refractivity (Wildman–Crippen MR) is 81.9 cm³/mol. The second-order valence-corrected chi connectivity index (χ2v) is 4.07. The van der Waals surface area contributed by atoms with Gasteiger partial charge in [-0.15, -0.1) is 12.4 Å². The van der Waals surface area contributed by atoms with E-state index in [1.807, 2.05) is 12.1 Å². The summed E-state index contributed by atoms with van der Waals surface area (Å²) in [6.07, 6.45) is 1.09. The lowest BCUT2D eigenvalue weighted by atomic mass is 10.3. The first-order valence-corrected chi connectivity index (χ1v) is 6.50. The molecule has 0 atom stereocenters. The summed E-state index contributed by atoms with van der Waals surface area (Å²) in [7, 11) is 1.59. The molecule has 1 amide bonds. The van der Waals surface area contributed by atoms with Crippen molar-refractivity contribution in [1.29, 1.82) is 0 Å². The Labute approximate surface area is 126 Å². The molecule has 0 saturated carbocycles. The number of benzene rings is 1. The van der Waals surface area contributed by atoms with Gasteiger partial charge in [0.05, 0.1) is 7.11 Å². The van der Waals surface area contributed by atoms with Gasteiger partial charge in [0.2, 0.25) is 0 Å². The van der Waals surface area contributed by atoms with Crippen LogP contribution in [0.2, 0.25) is 0 Å². The topological polar surface area (TPSA) is 59.6 Å². The quantitative estimate of drug-likeness (QED) is 0.681. The van der Waals surface area contributed by atoms with Crippen LogP contribution in [0.5, 0.6) is 11.5 Å². The van der Waals surface area contributed by atoms with Gasteiger partial charge >= 0.3 is 0 Å². The lowest BCUT2D eigenvalue weighted by Crippen LogP contribution is -2.34. The fraction of sp³-hybridized carbons (Fsp3) is 0.500. The van der Waals surface area contributed by atoms with Crippen LogP contribution in [-0.4, -0.2) is 39.3 Å². The van der Waals surface area contributed by atoms with Crippen molar-refractivity contribution in [1.82, 2.24) is 10.6 Å². The van der Waals surface area contributed by atoms with Gasteiger partial charge in [-0.05, 0) is 25.1 Å². The van der Waals surface area contributed by atoms with Crippen LogP contribution in [0.4, 0.5) is 0 Å². The first-order valence-electron chi connectivity index (χ1n) is 6.50. The van der Waals surface area contributed by atoms with Crippen molar-refractivity contribution < 1.29 is 14.3 Å². The molecule has 1 aromatic carbocycles. The molecular weight excluding hydrogens is 280 g/mol. The van der Waals surface area contributed by atoms with Gasteiger partial charge in [-0.1, -0.05) is 13.0 Å². The van der Waals surface area contributed by atoms with E-state index in [2.05, 4.69) is 17.6 Å². The first-order chi connectivity index (χ1) is 9.26. The van der Waals surface area contributed by atoms with Gasteiger partial charge in [0.25, 0.3) is 5.91 Å². The number of methoxy groups -OCH3 is 1. The maximum atomic E-state index is 11.5. The van der Waals surface area contributed by atoms with Crippen LogP contribution in [0.3, 0.4) is 0 Å². The van der Waals surface area contributed by atoms with E-state index in [9.17, 15) is 4.79 Å². The smallest absolute Gasteiger partial charge is 0.257 e. The highest BCUT2D eigenvalue weighted by atomic mass is 35.5.